The Balaban J connectivity index is 2.77. The van der Waals surface area contributed by atoms with E-state index in [4.69, 9.17) is 0 Å². The summed E-state index contributed by atoms with van der Waals surface area (Å²) in [6, 6.07) is 9.66. The first-order valence-electron chi connectivity index (χ1n) is 9.75. The number of hydrogen-bond acceptors (Lipinski definition) is 5. The smallest absolute Gasteiger partial charge is 0.252 e. The van der Waals surface area contributed by atoms with Crippen molar-refractivity contribution < 1.29 is 12.6 Å². The summed E-state index contributed by atoms with van der Waals surface area (Å²) in [5.41, 5.74) is 0.784. The van der Waals surface area contributed by atoms with Crippen molar-refractivity contribution in [3.05, 3.63) is 64.5 Å². The first-order valence-corrected chi connectivity index (χ1v) is 13.0. The summed E-state index contributed by atoms with van der Waals surface area (Å²) < 4.78 is 38.8. The van der Waals surface area contributed by atoms with E-state index in [0.717, 1.165) is 6.42 Å². The van der Waals surface area contributed by atoms with E-state index in [-0.39, 0.29) is 28.7 Å². The van der Waals surface area contributed by atoms with Crippen LogP contribution in [-0.2, 0) is 27.2 Å². The first-order chi connectivity index (χ1) is 14.2. The first kappa shape index (κ1) is 24.0. The number of benzene rings is 1. The van der Waals surface area contributed by atoms with E-state index in [1.165, 1.54) is 10.6 Å². The highest BCUT2D eigenvalue weighted by molar-refractivity contribution is 8.00. The van der Waals surface area contributed by atoms with Crippen molar-refractivity contribution in [1.82, 2.24) is 4.57 Å². The van der Waals surface area contributed by atoms with E-state index < -0.39 is 20.6 Å². The summed E-state index contributed by atoms with van der Waals surface area (Å²) in [7, 11) is -4.79. The SMILES string of the molecule is C=Cc1ccc(=O)n(Cc2ccccc2S(=O)(=O)CC)c1N=C(C(C)CC)S(C)=O. The molecule has 30 heavy (non-hydrogen) atoms. The molecule has 2 atom stereocenters. The maximum atomic E-state index is 12.8. The molecule has 0 spiro atoms. The Morgan fingerprint density at radius 1 is 1.23 bits per heavy atom. The van der Waals surface area contributed by atoms with Crippen LogP contribution in [0.25, 0.3) is 6.08 Å². The fourth-order valence-electron chi connectivity index (χ4n) is 3.02. The van der Waals surface area contributed by atoms with Crippen LogP contribution in [0.2, 0.25) is 0 Å². The summed E-state index contributed by atoms with van der Waals surface area (Å²) in [4.78, 5) is 17.6. The molecule has 2 rings (SSSR count). The molecule has 1 heterocycles. The van der Waals surface area contributed by atoms with Gasteiger partial charge in [0, 0.05) is 23.8 Å². The van der Waals surface area contributed by atoms with Gasteiger partial charge in [0.05, 0.1) is 28.0 Å². The Bertz CT molecular complexity index is 1150. The van der Waals surface area contributed by atoms with Crippen LogP contribution in [0.5, 0.6) is 0 Å². The van der Waals surface area contributed by atoms with Crippen molar-refractivity contribution >= 4 is 37.6 Å². The van der Waals surface area contributed by atoms with Crippen LogP contribution in [0, 0.1) is 5.92 Å². The zero-order valence-corrected chi connectivity index (χ0v) is 19.4. The average molecular weight is 449 g/mol. The van der Waals surface area contributed by atoms with Crippen molar-refractivity contribution in [3.63, 3.8) is 0 Å². The zero-order valence-electron chi connectivity index (χ0n) is 17.8. The predicted molar refractivity (Wildman–Crippen MR) is 125 cm³/mol. The molecule has 8 heteroatoms. The lowest BCUT2D eigenvalue weighted by Gasteiger charge is -2.17. The molecule has 0 bridgehead atoms. The molecule has 0 aliphatic heterocycles. The summed E-state index contributed by atoms with van der Waals surface area (Å²) in [6.07, 6.45) is 3.89. The van der Waals surface area contributed by atoms with Crippen molar-refractivity contribution in [2.75, 3.05) is 12.0 Å². The molecule has 0 amide bonds. The van der Waals surface area contributed by atoms with Crippen LogP contribution in [-0.4, -0.2) is 34.2 Å². The van der Waals surface area contributed by atoms with Crippen LogP contribution >= 0.6 is 0 Å². The van der Waals surface area contributed by atoms with E-state index in [1.54, 1.807) is 49.6 Å². The molecule has 0 N–H and O–H groups in total. The molecular formula is C22H28N2O4S2. The normalized spacial score (nSPS) is 14.3. The Kier molecular flexibility index (Phi) is 8.09. The lowest BCUT2D eigenvalue weighted by Crippen LogP contribution is -2.23. The van der Waals surface area contributed by atoms with E-state index in [2.05, 4.69) is 11.6 Å². The zero-order chi connectivity index (χ0) is 22.5. The number of hydrogen-bond donors (Lipinski definition) is 0. The van der Waals surface area contributed by atoms with Gasteiger partial charge < -0.3 is 0 Å². The van der Waals surface area contributed by atoms with Crippen molar-refractivity contribution in [1.29, 1.82) is 0 Å². The molecule has 1 aromatic heterocycles. The Morgan fingerprint density at radius 2 is 1.90 bits per heavy atom. The third-order valence-electron chi connectivity index (χ3n) is 4.97. The molecule has 162 valence electrons. The second kappa shape index (κ2) is 10.1. The lowest BCUT2D eigenvalue weighted by atomic mass is 10.1. The van der Waals surface area contributed by atoms with E-state index >= 15 is 0 Å². The maximum Gasteiger partial charge on any atom is 0.252 e. The minimum atomic E-state index is -3.46. The summed E-state index contributed by atoms with van der Waals surface area (Å²) in [5, 5.41) is 0.481. The van der Waals surface area contributed by atoms with Crippen LogP contribution in [0.4, 0.5) is 5.82 Å². The fraction of sp³-hybridized carbons (Fsp3) is 0.364. The van der Waals surface area contributed by atoms with Gasteiger partial charge in [0.1, 0.15) is 10.9 Å². The second-order valence-corrected chi connectivity index (χ2v) is 10.5. The average Bonchev–Trinajstić information content (AvgIpc) is 2.73. The summed E-state index contributed by atoms with van der Waals surface area (Å²) >= 11 is 0. The molecule has 2 aromatic rings. The van der Waals surface area contributed by atoms with Crippen molar-refractivity contribution in [3.8, 4) is 0 Å². The van der Waals surface area contributed by atoms with Gasteiger partial charge in [-0.2, -0.15) is 0 Å². The minimum Gasteiger partial charge on any atom is -0.288 e. The standard InChI is InChI=1S/C22H28N2O4S2/c1-6-16(4)22(29(5)26)23-21-17(7-2)13-14-20(25)24(21)15-18-11-9-10-12-19(18)30(27,28)8-3/h7,9-14,16H,2,6,8,15H2,1,3-5H3. The largest absolute Gasteiger partial charge is 0.288 e. The highest BCUT2D eigenvalue weighted by atomic mass is 32.2. The highest BCUT2D eigenvalue weighted by Gasteiger charge is 2.19. The minimum absolute atomic E-state index is 0.0267. The van der Waals surface area contributed by atoms with Crippen LogP contribution in [0.1, 0.15) is 38.3 Å². The molecule has 0 aliphatic carbocycles. The molecule has 0 saturated heterocycles. The van der Waals surface area contributed by atoms with Gasteiger partial charge in [0.15, 0.2) is 9.84 Å². The van der Waals surface area contributed by atoms with Crippen LogP contribution in [0.3, 0.4) is 0 Å². The number of aromatic nitrogens is 1. The number of aliphatic imine (C=N–C) groups is 1. The van der Waals surface area contributed by atoms with Crippen molar-refractivity contribution in [2.24, 2.45) is 10.9 Å². The molecule has 1 aromatic carbocycles. The van der Waals surface area contributed by atoms with Gasteiger partial charge in [-0.3, -0.25) is 13.6 Å². The van der Waals surface area contributed by atoms with Gasteiger partial charge >= 0.3 is 0 Å². The predicted octanol–water partition coefficient (Wildman–Crippen LogP) is 3.79. The number of rotatable bonds is 8. The number of sulfone groups is 1. The molecule has 0 radical (unpaired) electrons. The summed E-state index contributed by atoms with van der Waals surface area (Å²) in [6.45, 7) is 9.32. The van der Waals surface area contributed by atoms with Gasteiger partial charge in [-0.1, -0.05) is 51.6 Å². The maximum absolute atomic E-state index is 12.8. The molecule has 6 nitrogen and oxygen atoms in total. The van der Waals surface area contributed by atoms with Crippen molar-refractivity contribution in [2.45, 2.75) is 38.6 Å². The van der Waals surface area contributed by atoms with E-state index in [1.807, 2.05) is 13.8 Å². The van der Waals surface area contributed by atoms with Crippen LogP contribution in [0.15, 0.2) is 57.7 Å². The molecular weight excluding hydrogens is 420 g/mol. The Hall–Kier alpha value is -2.32. The van der Waals surface area contributed by atoms with Gasteiger partial charge in [-0.05, 0) is 24.1 Å². The molecule has 0 aliphatic rings. The van der Waals surface area contributed by atoms with Gasteiger partial charge in [0.2, 0.25) is 0 Å². The second-order valence-electron chi connectivity index (χ2n) is 6.97. The van der Waals surface area contributed by atoms with Gasteiger partial charge in [-0.15, -0.1) is 0 Å². The third-order valence-corrected chi connectivity index (χ3v) is 7.88. The quantitative estimate of drug-likeness (QED) is 0.454. The Morgan fingerprint density at radius 3 is 2.47 bits per heavy atom. The third kappa shape index (κ3) is 5.23. The molecule has 2 unspecified atom stereocenters. The topological polar surface area (TPSA) is 85.6 Å². The monoisotopic (exact) mass is 448 g/mol. The molecule has 0 fully saturated rings. The fourth-order valence-corrected chi connectivity index (χ4v) is 5.10. The van der Waals surface area contributed by atoms with Crippen LogP contribution < -0.4 is 5.56 Å². The van der Waals surface area contributed by atoms with E-state index in [0.29, 0.717) is 22.0 Å². The summed E-state index contributed by atoms with van der Waals surface area (Å²) in [5.74, 6) is 0.251. The highest BCUT2D eigenvalue weighted by Crippen LogP contribution is 2.25. The lowest BCUT2D eigenvalue weighted by molar-refractivity contribution is 0.595. The Labute approximate surface area is 180 Å². The number of nitrogens with zero attached hydrogens (tertiary/aromatic N) is 2. The van der Waals surface area contributed by atoms with Gasteiger partial charge in [-0.25, -0.2) is 13.4 Å². The molecule has 0 saturated carbocycles. The number of pyridine rings is 1. The van der Waals surface area contributed by atoms with Gasteiger partial charge in [0.25, 0.3) is 5.56 Å². The van der Waals surface area contributed by atoms with E-state index in [9.17, 15) is 17.4 Å².